The number of sulfone groups is 1. The van der Waals surface area contributed by atoms with E-state index in [0.717, 1.165) is 17.0 Å². The van der Waals surface area contributed by atoms with E-state index in [4.69, 9.17) is 0 Å². The number of alkyl halides is 3. The third-order valence-electron chi connectivity index (χ3n) is 5.90. The molecule has 2 atom stereocenters. The van der Waals surface area contributed by atoms with E-state index in [0.29, 0.717) is 11.6 Å². The highest BCUT2D eigenvalue weighted by Gasteiger charge is 2.51. The first-order valence-corrected chi connectivity index (χ1v) is 12.0. The molecule has 1 aliphatic rings. The normalized spacial score (nSPS) is 16.9. The molecule has 4 rings (SSSR count). The van der Waals surface area contributed by atoms with Gasteiger partial charge < -0.3 is 4.90 Å². The van der Waals surface area contributed by atoms with Gasteiger partial charge in [0, 0.05) is 17.0 Å². The van der Waals surface area contributed by atoms with Crippen LogP contribution in [0.2, 0.25) is 0 Å². The summed E-state index contributed by atoms with van der Waals surface area (Å²) in [4.78, 5) is 25.4. The predicted octanol–water partition coefficient (Wildman–Crippen LogP) is 4.52. The largest absolute Gasteiger partial charge is 0.416 e. The van der Waals surface area contributed by atoms with Gasteiger partial charge in [-0.1, -0.05) is 48.5 Å². The molecule has 0 N–H and O–H groups in total. The Morgan fingerprint density at radius 1 is 1.00 bits per heavy atom. The molecule has 1 amide bonds. The van der Waals surface area contributed by atoms with Gasteiger partial charge in [0.2, 0.25) is 9.84 Å². The molecule has 1 heterocycles. The zero-order valence-corrected chi connectivity index (χ0v) is 18.9. The van der Waals surface area contributed by atoms with E-state index in [2.05, 4.69) is 0 Å². The summed E-state index contributed by atoms with van der Waals surface area (Å²) in [6, 6.07) is 15.4. The molecule has 1 aliphatic heterocycles. The van der Waals surface area contributed by atoms with Gasteiger partial charge in [-0.2, -0.15) is 13.2 Å². The van der Waals surface area contributed by atoms with Crippen molar-refractivity contribution in [3.8, 4) is 0 Å². The first-order chi connectivity index (χ1) is 16.5. The lowest BCUT2D eigenvalue weighted by molar-refractivity contribution is -0.505. The summed E-state index contributed by atoms with van der Waals surface area (Å²) in [5, 5.41) is 9.98. The van der Waals surface area contributed by atoms with Gasteiger partial charge in [-0.15, -0.1) is 0 Å². The number of nitrogens with zero attached hydrogens (tertiary/aromatic N) is 2. The molecule has 0 unspecified atom stereocenters. The van der Waals surface area contributed by atoms with Gasteiger partial charge in [-0.05, 0) is 47.9 Å². The standard InChI is InChI=1S/C24H19F3N2O5S/c25-24(26,27)18-9-6-8-17(15-18)22(30)28-14-13-16-7-4-5-12-20(16)21(28)23(29(31)32)35(33,34)19-10-2-1-3-11-19/h1-12,15,21,23H,13-14H2/t21-,23-/m0/s1. The monoisotopic (exact) mass is 504 g/mol. The SMILES string of the molecule is O=C(c1cccc(C(F)(F)F)c1)N1CCc2ccccc2[C@H]1[C@@H]([N+](=O)[O-])S(=O)(=O)c1ccccc1. The highest BCUT2D eigenvalue weighted by atomic mass is 32.2. The molecule has 182 valence electrons. The number of carbonyl (C=O) groups excluding carboxylic acids is 1. The van der Waals surface area contributed by atoms with E-state index in [1.54, 1.807) is 24.3 Å². The van der Waals surface area contributed by atoms with E-state index in [1.165, 1.54) is 36.4 Å². The Kier molecular flexibility index (Phi) is 6.37. The van der Waals surface area contributed by atoms with Crippen LogP contribution in [0.15, 0.2) is 83.8 Å². The van der Waals surface area contributed by atoms with Crippen LogP contribution in [0.3, 0.4) is 0 Å². The first kappa shape index (κ1) is 24.4. The lowest BCUT2D eigenvalue weighted by Crippen LogP contribution is -2.50. The van der Waals surface area contributed by atoms with Crippen molar-refractivity contribution in [1.29, 1.82) is 0 Å². The van der Waals surface area contributed by atoms with Crippen molar-refractivity contribution >= 4 is 15.7 Å². The summed E-state index contributed by atoms with van der Waals surface area (Å²) in [7, 11) is -4.60. The van der Waals surface area contributed by atoms with Crippen molar-refractivity contribution in [2.24, 2.45) is 0 Å². The number of nitro groups is 1. The van der Waals surface area contributed by atoms with Gasteiger partial charge >= 0.3 is 11.6 Å². The summed E-state index contributed by atoms with van der Waals surface area (Å²) in [6.45, 7) is -0.106. The van der Waals surface area contributed by atoms with Crippen molar-refractivity contribution in [2.75, 3.05) is 6.54 Å². The Morgan fingerprint density at radius 2 is 1.66 bits per heavy atom. The van der Waals surface area contributed by atoms with Crippen LogP contribution in [0.1, 0.15) is 33.1 Å². The van der Waals surface area contributed by atoms with E-state index in [1.807, 2.05) is 0 Å². The number of carbonyl (C=O) groups is 1. The van der Waals surface area contributed by atoms with Gasteiger partial charge in [0.15, 0.2) is 0 Å². The van der Waals surface area contributed by atoms with Crippen LogP contribution in [0.4, 0.5) is 13.2 Å². The Hall–Kier alpha value is -3.73. The Balaban J connectivity index is 1.87. The van der Waals surface area contributed by atoms with E-state index in [-0.39, 0.29) is 29.0 Å². The fourth-order valence-electron chi connectivity index (χ4n) is 4.28. The lowest BCUT2D eigenvalue weighted by atomic mass is 9.91. The zero-order valence-electron chi connectivity index (χ0n) is 18.1. The molecule has 3 aromatic rings. The zero-order chi connectivity index (χ0) is 25.4. The molecule has 0 radical (unpaired) electrons. The van der Waals surface area contributed by atoms with Gasteiger partial charge in [-0.25, -0.2) is 8.42 Å². The van der Waals surface area contributed by atoms with Crippen LogP contribution in [-0.4, -0.2) is 36.1 Å². The van der Waals surface area contributed by atoms with Crippen LogP contribution >= 0.6 is 0 Å². The summed E-state index contributed by atoms with van der Waals surface area (Å²) >= 11 is 0. The lowest BCUT2D eigenvalue weighted by Gasteiger charge is -2.38. The molecule has 0 saturated heterocycles. The highest BCUT2D eigenvalue weighted by Crippen LogP contribution is 2.39. The minimum atomic E-state index is -4.70. The molecule has 7 nitrogen and oxygen atoms in total. The van der Waals surface area contributed by atoms with E-state index >= 15 is 0 Å². The molecule has 0 bridgehead atoms. The molecular formula is C24H19F3N2O5S. The molecule has 3 aromatic carbocycles. The Morgan fingerprint density at radius 3 is 2.31 bits per heavy atom. The molecule has 0 aliphatic carbocycles. The summed E-state index contributed by atoms with van der Waals surface area (Å²) in [6.07, 6.45) is -4.45. The van der Waals surface area contributed by atoms with Crippen molar-refractivity contribution in [3.05, 3.63) is 111 Å². The van der Waals surface area contributed by atoms with Gasteiger partial charge in [0.25, 0.3) is 5.91 Å². The van der Waals surface area contributed by atoms with Crippen LogP contribution < -0.4 is 0 Å². The third-order valence-corrected chi connectivity index (χ3v) is 7.89. The van der Waals surface area contributed by atoms with Crippen molar-refractivity contribution in [2.45, 2.75) is 28.9 Å². The summed E-state index contributed by atoms with van der Waals surface area (Å²) in [5.41, 5.74) is -0.510. The smallest absolute Gasteiger partial charge is 0.323 e. The predicted molar refractivity (Wildman–Crippen MR) is 120 cm³/mol. The second kappa shape index (κ2) is 9.14. The third kappa shape index (κ3) is 4.63. The second-order valence-electron chi connectivity index (χ2n) is 8.00. The number of hydrogen-bond acceptors (Lipinski definition) is 5. The number of halogens is 3. The van der Waals surface area contributed by atoms with E-state index in [9.17, 15) is 36.5 Å². The van der Waals surface area contributed by atoms with Crippen molar-refractivity contribution in [1.82, 2.24) is 4.90 Å². The maximum atomic E-state index is 13.4. The average molecular weight is 504 g/mol. The Bertz CT molecular complexity index is 1380. The van der Waals surface area contributed by atoms with Crippen LogP contribution in [0.25, 0.3) is 0 Å². The van der Waals surface area contributed by atoms with Crippen LogP contribution in [0, 0.1) is 10.1 Å². The maximum Gasteiger partial charge on any atom is 0.416 e. The average Bonchev–Trinajstić information content (AvgIpc) is 2.83. The topological polar surface area (TPSA) is 97.6 Å². The van der Waals surface area contributed by atoms with E-state index < -0.39 is 43.8 Å². The van der Waals surface area contributed by atoms with Crippen molar-refractivity contribution < 1.29 is 31.3 Å². The molecule has 0 spiro atoms. The maximum absolute atomic E-state index is 13.4. The second-order valence-corrected chi connectivity index (χ2v) is 10.0. The minimum Gasteiger partial charge on any atom is -0.323 e. The number of amides is 1. The number of fused-ring (bicyclic) bond motifs is 1. The number of rotatable bonds is 5. The fraction of sp³-hybridized carbons (Fsp3) is 0.208. The first-order valence-electron chi connectivity index (χ1n) is 10.5. The number of hydrogen-bond donors (Lipinski definition) is 0. The molecular weight excluding hydrogens is 485 g/mol. The molecule has 0 aromatic heterocycles. The Labute approximate surface area is 198 Å². The van der Waals surface area contributed by atoms with Crippen molar-refractivity contribution in [3.63, 3.8) is 0 Å². The van der Waals surface area contributed by atoms with Gasteiger partial charge in [-0.3, -0.25) is 14.9 Å². The molecule has 35 heavy (non-hydrogen) atoms. The quantitative estimate of drug-likeness (QED) is 0.376. The summed E-state index contributed by atoms with van der Waals surface area (Å²) in [5.74, 6) is -0.925. The van der Waals surface area contributed by atoms with Gasteiger partial charge in [0.1, 0.15) is 6.04 Å². The highest BCUT2D eigenvalue weighted by molar-refractivity contribution is 7.91. The van der Waals surface area contributed by atoms with Crippen LogP contribution in [0.5, 0.6) is 0 Å². The number of benzene rings is 3. The molecule has 0 fully saturated rings. The fourth-order valence-corrected chi connectivity index (χ4v) is 5.95. The minimum absolute atomic E-state index is 0.106. The molecule has 11 heteroatoms. The molecule has 0 saturated carbocycles. The summed E-state index contributed by atoms with van der Waals surface area (Å²) < 4.78 is 66.6. The van der Waals surface area contributed by atoms with Crippen LogP contribution in [-0.2, 0) is 22.4 Å². The van der Waals surface area contributed by atoms with Gasteiger partial charge in [0.05, 0.1) is 10.5 Å².